The standard InChI is InChI=1S/C15H21N9/c1-3-5-6-15(20-21-15)7-8-16-12(13-17-9-10-18-13)14-19-22-23-24(14)11-4-2/h1,9-10,12,16H,4-8,11H2,2H3,(H,17,18). The maximum Gasteiger partial charge on any atom is 0.193 e. The van der Waals surface area contributed by atoms with Crippen molar-refractivity contribution in [2.24, 2.45) is 10.2 Å². The molecule has 3 heterocycles. The molecule has 1 atom stereocenters. The number of tetrazole rings is 1. The van der Waals surface area contributed by atoms with Crippen LogP contribution in [0.1, 0.15) is 50.3 Å². The number of aromatic amines is 1. The minimum Gasteiger partial charge on any atom is -0.347 e. The highest BCUT2D eigenvalue weighted by atomic mass is 15.5. The van der Waals surface area contributed by atoms with Crippen LogP contribution in [0.4, 0.5) is 0 Å². The fourth-order valence-electron chi connectivity index (χ4n) is 2.62. The minimum atomic E-state index is -0.303. The highest BCUT2D eigenvalue weighted by molar-refractivity contribution is 5.09. The van der Waals surface area contributed by atoms with Gasteiger partial charge in [0.2, 0.25) is 0 Å². The van der Waals surface area contributed by atoms with E-state index in [9.17, 15) is 0 Å². The van der Waals surface area contributed by atoms with Crippen LogP contribution in [-0.2, 0) is 6.54 Å². The van der Waals surface area contributed by atoms with E-state index < -0.39 is 0 Å². The minimum absolute atomic E-state index is 0.204. The largest absolute Gasteiger partial charge is 0.347 e. The molecule has 0 radical (unpaired) electrons. The van der Waals surface area contributed by atoms with E-state index in [-0.39, 0.29) is 11.7 Å². The van der Waals surface area contributed by atoms with Crippen LogP contribution < -0.4 is 5.32 Å². The quantitative estimate of drug-likeness (QED) is 0.642. The Hall–Kier alpha value is -2.60. The van der Waals surface area contributed by atoms with E-state index in [1.165, 1.54) is 0 Å². The van der Waals surface area contributed by atoms with Gasteiger partial charge in [0.25, 0.3) is 0 Å². The van der Waals surface area contributed by atoms with Crippen LogP contribution >= 0.6 is 0 Å². The smallest absolute Gasteiger partial charge is 0.193 e. The van der Waals surface area contributed by atoms with Crippen molar-refractivity contribution >= 4 is 0 Å². The number of terminal acetylenes is 1. The Morgan fingerprint density at radius 3 is 2.96 bits per heavy atom. The highest BCUT2D eigenvalue weighted by Gasteiger charge is 2.39. The van der Waals surface area contributed by atoms with E-state index in [0.717, 1.165) is 37.5 Å². The number of nitrogens with zero attached hydrogens (tertiary/aromatic N) is 7. The average Bonchev–Trinajstić information content (AvgIpc) is 3.00. The SMILES string of the molecule is C#CCCC1(CCNC(c2ncc[nH]2)c2nnnn2CCC)N=N1. The van der Waals surface area contributed by atoms with Crippen LogP contribution in [0.5, 0.6) is 0 Å². The lowest BCUT2D eigenvalue weighted by Gasteiger charge is -2.17. The zero-order valence-electron chi connectivity index (χ0n) is 13.7. The molecule has 0 spiro atoms. The van der Waals surface area contributed by atoms with Gasteiger partial charge in [0.1, 0.15) is 11.9 Å². The van der Waals surface area contributed by atoms with Crippen LogP contribution in [0.15, 0.2) is 22.6 Å². The first-order valence-corrected chi connectivity index (χ1v) is 8.14. The predicted octanol–water partition coefficient (Wildman–Crippen LogP) is 1.45. The molecule has 0 saturated heterocycles. The normalized spacial score (nSPS) is 16.0. The fourth-order valence-corrected chi connectivity index (χ4v) is 2.62. The van der Waals surface area contributed by atoms with Gasteiger partial charge in [-0.25, -0.2) is 9.67 Å². The van der Waals surface area contributed by atoms with Gasteiger partial charge >= 0.3 is 0 Å². The molecular formula is C15H21N9. The molecule has 0 fully saturated rings. The monoisotopic (exact) mass is 327 g/mol. The fraction of sp³-hybridized carbons (Fsp3) is 0.600. The lowest BCUT2D eigenvalue weighted by atomic mass is 10.0. The van der Waals surface area contributed by atoms with Gasteiger partial charge in [-0.2, -0.15) is 10.2 Å². The zero-order chi connectivity index (χ0) is 16.8. The molecule has 126 valence electrons. The molecule has 24 heavy (non-hydrogen) atoms. The summed E-state index contributed by atoms with van der Waals surface area (Å²) >= 11 is 0. The lowest BCUT2D eigenvalue weighted by molar-refractivity contribution is 0.444. The predicted molar refractivity (Wildman–Crippen MR) is 86.8 cm³/mol. The number of hydrogen-bond donors (Lipinski definition) is 2. The molecule has 9 nitrogen and oxygen atoms in total. The van der Waals surface area contributed by atoms with E-state index in [1.807, 2.05) is 0 Å². The molecule has 1 aliphatic rings. The van der Waals surface area contributed by atoms with Gasteiger partial charge in [0, 0.05) is 44.7 Å². The number of aryl methyl sites for hydroxylation is 1. The van der Waals surface area contributed by atoms with Crippen molar-refractivity contribution in [3.8, 4) is 12.3 Å². The Bertz CT molecular complexity index is 704. The maximum atomic E-state index is 5.33. The number of imidazole rings is 1. The van der Waals surface area contributed by atoms with Gasteiger partial charge in [0.05, 0.1) is 0 Å². The summed E-state index contributed by atoms with van der Waals surface area (Å²) in [5.41, 5.74) is -0.303. The van der Waals surface area contributed by atoms with Crippen LogP contribution in [0.25, 0.3) is 0 Å². The molecule has 0 bridgehead atoms. The molecule has 0 aliphatic carbocycles. The lowest BCUT2D eigenvalue weighted by Crippen LogP contribution is -2.30. The molecule has 9 heteroatoms. The topological polar surface area (TPSA) is 109 Å². The van der Waals surface area contributed by atoms with Crippen molar-refractivity contribution in [3.63, 3.8) is 0 Å². The summed E-state index contributed by atoms with van der Waals surface area (Å²) in [6, 6.07) is -0.204. The number of rotatable bonds is 10. The summed E-state index contributed by atoms with van der Waals surface area (Å²) in [7, 11) is 0. The second-order valence-electron chi connectivity index (χ2n) is 5.76. The van der Waals surface area contributed by atoms with Crippen molar-refractivity contribution in [1.82, 2.24) is 35.5 Å². The summed E-state index contributed by atoms with van der Waals surface area (Å²) < 4.78 is 1.81. The van der Waals surface area contributed by atoms with E-state index in [1.54, 1.807) is 17.1 Å². The molecule has 2 aromatic heterocycles. The zero-order valence-corrected chi connectivity index (χ0v) is 13.7. The second kappa shape index (κ2) is 7.31. The van der Waals surface area contributed by atoms with Crippen molar-refractivity contribution in [2.75, 3.05) is 6.54 Å². The van der Waals surface area contributed by atoms with Crippen molar-refractivity contribution < 1.29 is 0 Å². The molecular weight excluding hydrogens is 306 g/mol. The number of H-pyrrole nitrogens is 1. The van der Waals surface area contributed by atoms with Gasteiger partial charge in [-0.1, -0.05) is 6.92 Å². The van der Waals surface area contributed by atoms with E-state index in [0.29, 0.717) is 13.0 Å². The van der Waals surface area contributed by atoms with E-state index in [2.05, 4.69) is 53.9 Å². The van der Waals surface area contributed by atoms with Crippen molar-refractivity contribution in [2.45, 2.75) is 50.9 Å². The van der Waals surface area contributed by atoms with Gasteiger partial charge < -0.3 is 10.3 Å². The summed E-state index contributed by atoms with van der Waals surface area (Å²) in [4.78, 5) is 7.49. The first-order chi connectivity index (χ1) is 11.8. The molecule has 2 aromatic rings. The van der Waals surface area contributed by atoms with Gasteiger partial charge in [-0.15, -0.1) is 17.4 Å². The van der Waals surface area contributed by atoms with Crippen molar-refractivity contribution in [3.05, 3.63) is 24.0 Å². The third-order valence-corrected chi connectivity index (χ3v) is 3.97. The summed E-state index contributed by atoms with van der Waals surface area (Å²) in [5.74, 6) is 4.17. The number of aromatic nitrogens is 6. The maximum absolute atomic E-state index is 5.33. The highest BCUT2D eigenvalue weighted by Crippen LogP contribution is 2.36. The Labute approximate surface area is 140 Å². The Kier molecular flexibility index (Phi) is 4.96. The molecule has 3 rings (SSSR count). The van der Waals surface area contributed by atoms with Crippen LogP contribution in [0, 0.1) is 12.3 Å². The Balaban J connectivity index is 1.66. The Morgan fingerprint density at radius 2 is 2.29 bits per heavy atom. The van der Waals surface area contributed by atoms with Gasteiger partial charge in [0.15, 0.2) is 11.5 Å². The van der Waals surface area contributed by atoms with Gasteiger partial charge in [-0.05, 0) is 16.8 Å². The third-order valence-electron chi connectivity index (χ3n) is 3.97. The molecule has 1 aliphatic heterocycles. The second-order valence-corrected chi connectivity index (χ2v) is 5.76. The van der Waals surface area contributed by atoms with Crippen molar-refractivity contribution in [1.29, 1.82) is 0 Å². The molecule has 0 amide bonds. The van der Waals surface area contributed by atoms with E-state index in [4.69, 9.17) is 6.42 Å². The third kappa shape index (κ3) is 3.65. The Morgan fingerprint density at radius 1 is 1.42 bits per heavy atom. The van der Waals surface area contributed by atoms with Crippen LogP contribution in [0.3, 0.4) is 0 Å². The number of hydrogen-bond acceptors (Lipinski definition) is 7. The van der Waals surface area contributed by atoms with Crippen LogP contribution in [-0.4, -0.2) is 42.4 Å². The summed E-state index contributed by atoms with van der Waals surface area (Å²) in [5, 5.41) is 23.8. The first-order valence-electron chi connectivity index (χ1n) is 8.14. The molecule has 0 saturated carbocycles. The molecule has 2 N–H and O–H groups in total. The van der Waals surface area contributed by atoms with Crippen LogP contribution in [0.2, 0.25) is 0 Å². The summed E-state index contributed by atoms with van der Waals surface area (Å²) in [6.07, 6.45) is 12.1. The molecule has 1 unspecified atom stereocenters. The average molecular weight is 327 g/mol. The molecule has 0 aromatic carbocycles. The van der Waals surface area contributed by atoms with E-state index >= 15 is 0 Å². The summed E-state index contributed by atoms with van der Waals surface area (Å²) in [6.45, 7) is 3.56. The van der Waals surface area contributed by atoms with Gasteiger partial charge in [-0.3, -0.25) is 0 Å². The number of nitrogens with one attached hydrogen (secondary N) is 2. The first kappa shape index (κ1) is 16.3.